The molecule has 39 heavy (non-hydrogen) atoms. The van der Waals surface area contributed by atoms with E-state index in [1.54, 1.807) is 27.5 Å². The van der Waals surface area contributed by atoms with Crippen LogP contribution >= 0.6 is 0 Å². The number of rotatable bonds is 11. The Hall–Kier alpha value is -3.37. The van der Waals surface area contributed by atoms with Crippen LogP contribution < -0.4 is 10.6 Å². The fraction of sp³-hybridized carbons (Fsp3) is 0.607. The van der Waals surface area contributed by atoms with Crippen molar-refractivity contribution in [3.63, 3.8) is 0 Å². The predicted molar refractivity (Wildman–Crippen MR) is 141 cm³/mol. The highest BCUT2D eigenvalue weighted by molar-refractivity contribution is 5.92. The number of alkyl halides is 2. The zero-order valence-electron chi connectivity index (χ0n) is 22.6. The van der Waals surface area contributed by atoms with Gasteiger partial charge >= 0.3 is 0 Å². The van der Waals surface area contributed by atoms with Crippen LogP contribution in [0.1, 0.15) is 106 Å². The van der Waals surface area contributed by atoms with Crippen molar-refractivity contribution in [2.24, 2.45) is 11.8 Å². The maximum Gasteiger partial charge on any atom is 0.272 e. The van der Waals surface area contributed by atoms with Crippen LogP contribution in [0.25, 0.3) is 5.78 Å². The molecule has 0 aliphatic heterocycles. The Labute approximate surface area is 226 Å². The lowest BCUT2D eigenvalue weighted by molar-refractivity contribution is -0.122. The van der Waals surface area contributed by atoms with E-state index in [1.807, 2.05) is 26.1 Å². The van der Waals surface area contributed by atoms with Gasteiger partial charge in [0.2, 0.25) is 17.6 Å². The van der Waals surface area contributed by atoms with Gasteiger partial charge in [-0.25, -0.2) is 18.7 Å². The van der Waals surface area contributed by atoms with Crippen LogP contribution in [0.3, 0.4) is 0 Å². The van der Waals surface area contributed by atoms with Crippen molar-refractivity contribution >= 4 is 17.6 Å². The summed E-state index contributed by atoms with van der Waals surface area (Å²) in [5, 5.41) is 10.5. The molecule has 9 nitrogen and oxygen atoms in total. The second-order valence-electron chi connectivity index (χ2n) is 11.0. The summed E-state index contributed by atoms with van der Waals surface area (Å²) >= 11 is 0. The topological polar surface area (TPSA) is 106 Å². The summed E-state index contributed by atoms with van der Waals surface area (Å²) in [6.07, 6.45) is 9.77. The number of amides is 2. The third-order valence-corrected chi connectivity index (χ3v) is 7.74. The zero-order valence-corrected chi connectivity index (χ0v) is 22.6. The van der Waals surface area contributed by atoms with Crippen molar-refractivity contribution in [3.8, 4) is 0 Å². The number of hydrogen-bond acceptors (Lipinski definition) is 5. The highest BCUT2D eigenvalue weighted by atomic mass is 19.3. The monoisotopic (exact) mass is 541 g/mol. The molecule has 0 saturated heterocycles. The molecule has 3 aromatic heterocycles. The maximum atomic E-state index is 14.0. The van der Waals surface area contributed by atoms with E-state index in [1.165, 1.54) is 0 Å². The van der Waals surface area contributed by atoms with Crippen LogP contribution in [0.15, 0.2) is 30.7 Å². The fourth-order valence-electron chi connectivity index (χ4n) is 5.44. The van der Waals surface area contributed by atoms with E-state index < -0.39 is 12.0 Å². The normalized spacial score (nSPS) is 19.1. The number of halogens is 2. The van der Waals surface area contributed by atoms with Gasteiger partial charge in [0.05, 0.1) is 23.5 Å². The number of aryl methyl sites for hydroxylation is 1. The van der Waals surface area contributed by atoms with Gasteiger partial charge < -0.3 is 10.6 Å². The lowest BCUT2D eigenvalue weighted by atomic mass is 9.81. The first kappa shape index (κ1) is 27.2. The van der Waals surface area contributed by atoms with Crippen molar-refractivity contribution in [2.45, 2.75) is 96.2 Å². The summed E-state index contributed by atoms with van der Waals surface area (Å²) in [5.74, 6) is -2.41. The Morgan fingerprint density at radius 2 is 1.67 bits per heavy atom. The highest BCUT2D eigenvalue weighted by Crippen LogP contribution is 2.42. The average Bonchev–Trinajstić information content (AvgIpc) is 3.48. The van der Waals surface area contributed by atoms with Crippen molar-refractivity contribution in [3.05, 3.63) is 47.8 Å². The second kappa shape index (κ2) is 11.4. The number of hydrogen-bond donors (Lipinski definition) is 2. The van der Waals surface area contributed by atoms with E-state index in [0.717, 1.165) is 31.4 Å². The lowest BCUT2D eigenvalue weighted by Gasteiger charge is -2.33. The molecule has 0 aromatic carbocycles. The molecule has 0 unspecified atom stereocenters. The molecule has 2 aliphatic rings. The molecule has 210 valence electrons. The Balaban J connectivity index is 1.41. The minimum Gasteiger partial charge on any atom is -0.347 e. The molecule has 3 aromatic rings. The van der Waals surface area contributed by atoms with Crippen LogP contribution in [0.4, 0.5) is 8.78 Å². The molecular formula is C28H37F2N7O2. The minimum atomic E-state index is -2.68. The summed E-state index contributed by atoms with van der Waals surface area (Å²) in [7, 11) is 0. The Morgan fingerprint density at radius 1 is 0.974 bits per heavy atom. The Bertz CT molecular complexity index is 1310. The van der Waals surface area contributed by atoms with Crippen LogP contribution in [0.5, 0.6) is 0 Å². The van der Waals surface area contributed by atoms with Crippen LogP contribution in [0.2, 0.25) is 0 Å². The molecule has 2 fully saturated rings. The van der Waals surface area contributed by atoms with E-state index in [4.69, 9.17) is 9.97 Å². The number of imidazole rings is 1. The van der Waals surface area contributed by atoms with Crippen molar-refractivity contribution in [1.29, 1.82) is 0 Å². The van der Waals surface area contributed by atoms with Gasteiger partial charge in [-0.2, -0.15) is 5.10 Å². The molecule has 2 atom stereocenters. The molecule has 11 heteroatoms. The highest BCUT2D eigenvalue weighted by Gasteiger charge is 2.40. The van der Waals surface area contributed by atoms with Crippen LogP contribution in [-0.2, 0) is 11.3 Å². The van der Waals surface area contributed by atoms with Crippen LogP contribution in [0, 0.1) is 11.8 Å². The smallest absolute Gasteiger partial charge is 0.272 e. The molecule has 2 saturated carbocycles. The quantitative estimate of drug-likeness (QED) is 0.355. The predicted octanol–water partition coefficient (Wildman–Crippen LogP) is 5.00. The molecule has 3 heterocycles. The van der Waals surface area contributed by atoms with Crippen LogP contribution in [-0.4, -0.2) is 41.9 Å². The largest absolute Gasteiger partial charge is 0.347 e. The van der Waals surface area contributed by atoms with Gasteiger partial charge in [-0.1, -0.05) is 13.8 Å². The molecule has 5 rings (SSSR count). The van der Waals surface area contributed by atoms with E-state index in [9.17, 15) is 18.4 Å². The molecule has 0 spiro atoms. The SMILES string of the molecule is CCCC(=O)N[C@@H](c1ccn2cc([C@@H](NC(=O)c3ccn(CCC)n3)C3CCC(F)(F)CC3)nc2n1)C1CC1. The van der Waals surface area contributed by atoms with Gasteiger partial charge in [-0.3, -0.25) is 18.7 Å². The number of fused-ring (bicyclic) bond motifs is 1. The first-order valence-corrected chi connectivity index (χ1v) is 14.1. The summed E-state index contributed by atoms with van der Waals surface area (Å²) in [4.78, 5) is 35.0. The van der Waals surface area contributed by atoms with Crippen molar-refractivity contribution in [2.75, 3.05) is 0 Å². The molecular weight excluding hydrogens is 504 g/mol. The third-order valence-electron chi connectivity index (χ3n) is 7.74. The summed E-state index contributed by atoms with van der Waals surface area (Å²) in [6.45, 7) is 4.71. The fourth-order valence-corrected chi connectivity index (χ4v) is 5.44. The number of nitrogens with one attached hydrogen (secondary N) is 2. The standard InChI is InChI=1S/C28H37F2N7O2/c1-3-5-23(38)33-24(18-6-7-18)20-10-15-36-17-22(32-27(36)31-20)25(19-8-12-28(29,30)13-9-19)34-26(39)21-11-16-37(35-21)14-4-2/h10-11,15-19,24-25H,3-9,12-14H2,1-2H3,(H,33,38)(H,34,39)/t24-,25+/m1/s1. The van der Waals surface area contributed by atoms with Crippen molar-refractivity contribution < 1.29 is 18.4 Å². The van der Waals surface area contributed by atoms with Gasteiger partial charge in [0, 0.05) is 44.4 Å². The number of carbonyl (C=O) groups is 2. The first-order valence-electron chi connectivity index (χ1n) is 14.1. The van der Waals surface area contributed by atoms with Gasteiger partial charge in [0.15, 0.2) is 0 Å². The average molecular weight is 542 g/mol. The Morgan fingerprint density at radius 3 is 2.36 bits per heavy atom. The minimum absolute atomic E-state index is 0.0124. The lowest BCUT2D eigenvalue weighted by Crippen LogP contribution is -2.37. The third kappa shape index (κ3) is 6.45. The number of carbonyl (C=O) groups excluding carboxylic acids is 2. The summed E-state index contributed by atoms with van der Waals surface area (Å²) in [6, 6.07) is 2.84. The zero-order chi connectivity index (χ0) is 27.6. The summed E-state index contributed by atoms with van der Waals surface area (Å²) < 4.78 is 31.5. The maximum absolute atomic E-state index is 14.0. The summed E-state index contributed by atoms with van der Waals surface area (Å²) in [5.41, 5.74) is 1.62. The number of nitrogens with zero attached hydrogens (tertiary/aromatic N) is 5. The molecule has 2 amide bonds. The van der Waals surface area contributed by atoms with Crippen molar-refractivity contribution in [1.82, 2.24) is 34.8 Å². The van der Waals surface area contributed by atoms with E-state index in [0.29, 0.717) is 30.4 Å². The molecule has 0 radical (unpaired) electrons. The van der Waals surface area contributed by atoms with E-state index in [-0.39, 0.29) is 55.2 Å². The molecule has 2 N–H and O–H groups in total. The van der Waals surface area contributed by atoms with Gasteiger partial charge in [-0.15, -0.1) is 0 Å². The van der Waals surface area contributed by atoms with Gasteiger partial charge in [0.25, 0.3) is 5.91 Å². The van der Waals surface area contributed by atoms with Gasteiger partial charge in [0.1, 0.15) is 5.69 Å². The second-order valence-corrected chi connectivity index (χ2v) is 11.0. The van der Waals surface area contributed by atoms with E-state index >= 15 is 0 Å². The Kier molecular flexibility index (Phi) is 7.95. The molecule has 2 aliphatic carbocycles. The van der Waals surface area contributed by atoms with Gasteiger partial charge in [-0.05, 0) is 62.5 Å². The first-order chi connectivity index (χ1) is 18.8. The number of aromatic nitrogens is 5. The molecule has 0 bridgehead atoms. The van der Waals surface area contributed by atoms with E-state index in [2.05, 4.69) is 15.7 Å².